The van der Waals surface area contributed by atoms with Gasteiger partial charge in [0, 0.05) is 18.7 Å². The molecule has 11 heteroatoms. The van der Waals surface area contributed by atoms with E-state index >= 15 is 8.78 Å². The quantitative estimate of drug-likeness (QED) is 0.682. The van der Waals surface area contributed by atoms with Gasteiger partial charge in [-0.15, -0.1) is 16.5 Å². The van der Waals surface area contributed by atoms with Crippen molar-refractivity contribution in [2.75, 3.05) is 13.6 Å². The van der Waals surface area contributed by atoms with Crippen LogP contribution in [0, 0.1) is 11.6 Å². The van der Waals surface area contributed by atoms with Crippen LogP contribution in [0.5, 0.6) is 0 Å². The number of hydrazine groups is 2. The number of alkyl halides is 2. The Morgan fingerprint density at radius 1 is 1.27 bits per heavy atom. The fraction of sp³-hybridized carbons (Fsp3) is 0.267. The minimum absolute atomic E-state index is 0.427. The van der Waals surface area contributed by atoms with Gasteiger partial charge in [-0.1, -0.05) is 0 Å². The van der Waals surface area contributed by atoms with Crippen molar-refractivity contribution >= 4 is 33.6 Å². The van der Waals surface area contributed by atoms with Gasteiger partial charge in [-0.25, -0.2) is 14.3 Å². The van der Waals surface area contributed by atoms with Crippen molar-refractivity contribution in [1.29, 1.82) is 0 Å². The molecule has 3 rings (SSSR count). The summed E-state index contributed by atoms with van der Waals surface area (Å²) in [5, 5.41) is 17.1. The molecule has 2 heterocycles. The molecule has 0 amide bonds. The van der Waals surface area contributed by atoms with Gasteiger partial charge < -0.3 is 5.11 Å². The van der Waals surface area contributed by atoms with Crippen molar-refractivity contribution in [1.82, 2.24) is 15.7 Å². The average Bonchev–Trinajstić information content (AvgIpc) is 3.16. The van der Waals surface area contributed by atoms with Crippen molar-refractivity contribution in [3.05, 3.63) is 56.2 Å². The van der Waals surface area contributed by atoms with Crippen LogP contribution in [0.1, 0.15) is 10.4 Å². The van der Waals surface area contributed by atoms with Crippen LogP contribution in [-0.4, -0.2) is 35.2 Å². The normalized spacial score (nSPS) is 17.4. The van der Waals surface area contributed by atoms with Crippen molar-refractivity contribution < 1.29 is 22.7 Å². The smallest absolute Gasteiger partial charge is 0.316 e. The van der Waals surface area contributed by atoms with Gasteiger partial charge in [-0.2, -0.15) is 13.9 Å². The van der Waals surface area contributed by atoms with Gasteiger partial charge in [0.15, 0.2) is 5.60 Å². The molecule has 5 nitrogen and oxygen atoms in total. The third-order valence-corrected chi connectivity index (χ3v) is 5.64. The van der Waals surface area contributed by atoms with Crippen LogP contribution >= 0.6 is 27.3 Å². The Hall–Kier alpha value is -1.69. The minimum atomic E-state index is -3.88. The highest BCUT2D eigenvalue weighted by Crippen LogP contribution is 2.49. The van der Waals surface area contributed by atoms with Gasteiger partial charge in [0.25, 0.3) is 0 Å². The van der Waals surface area contributed by atoms with E-state index in [0.717, 1.165) is 23.2 Å². The Kier molecular flexibility index (Phi) is 4.99. The van der Waals surface area contributed by atoms with E-state index in [9.17, 15) is 13.9 Å². The van der Waals surface area contributed by atoms with Crippen molar-refractivity contribution in [2.45, 2.75) is 11.5 Å². The van der Waals surface area contributed by atoms with Crippen LogP contribution in [0.25, 0.3) is 0 Å². The molecule has 1 aliphatic rings. The SMILES string of the molecule is CN1NN=CN1CC(O)(c1ccc(F)cc1F)C(F)(F)c1ccc(Br)s1. The number of aliphatic hydroxyl groups is 1. The van der Waals surface area contributed by atoms with Gasteiger partial charge in [0.1, 0.15) is 18.0 Å². The van der Waals surface area contributed by atoms with E-state index in [1.165, 1.54) is 24.6 Å². The topological polar surface area (TPSA) is 51.1 Å². The number of benzene rings is 1. The lowest BCUT2D eigenvalue weighted by Gasteiger charge is -2.39. The summed E-state index contributed by atoms with van der Waals surface area (Å²) in [7, 11) is 1.48. The standard InChI is InChI=1S/C15H13BrF4N4OS/c1-23-22-21-8-24(23)7-14(25,10-3-2-9(17)6-11(10)18)15(19,20)12-4-5-13(16)26-12/h2-6,8,22,25H,7H2,1H3. The zero-order valence-corrected chi connectivity index (χ0v) is 15.7. The molecule has 0 aliphatic carbocycles. The predicted octanol–water partition coefficient (Wildman–Crippen LogP) is 3.38. The van der Waals surface area contributed by atoms with Gasteiger partial charge in [-0.05, 0) is 40.2 Å². The number of hydrogen-bond acceptors (Lipinski definition) is 6. The summed E-state index contributed by atoms with van der Waals surface area (Å²) in [5.41, 5.74) is -1.24. The molecule has 1 aromatic carbocycles. The molecule has 140 valence electrons. The summed E-state index contributed by atoms with van der Waals surface area (Å²) < 4.78 is 58.7. The maximum Gasteiger partial charge on any atom is 0.316 e. The van der Waals surface area contributed by atoms with Crippen LogP contribution in [0.2, 0.25) is 0 Å². The second-order valence-corrected chi connectivity index (χ2v) is 8.09. The van der Waals surface area contributed by atoms with Gasteiger partial charge in [-0.3, -0.25) is 5.01 Å². The zero-order valence-electron chi connectivity index (χ0n) is 13.3. The summed E-state index contributed by atoms with van der Waals surface area (Å²) in [4.78, 5) is -0.470. The number of nitrogens with one attached hydrogen (secondary N) is 1. The number of β-amino-alcohol motifs (C(OH)–C–C–N with tert-alkyl or cyclic N) is 1. The molecule has 1 aliphatic heterocycles. The number of thiophene rings is 1. The first-order valence-corrected chi connectivity index (χ1v) is 8.87. The third-order valence-electron chi connectivity index (χ3n) is 3.95. The monoisotopic (exact) mass is 452 g/mol. The van der Waals surface area contributed by atoms with Crippen LogP contribution in [0.4, 0.5) is 17.6 Å². The number of nitrogens with zero attached hydrogens (tertiary/aromatic N) is 3. The number of halogens is 5. The Morgan fingerprint density at radius 3 is 2.54 bits per heavy atom. The van der Waals surface area contributed by atoms with E-state index < -0.39 is 40.1 Å². The highest BCUT2D eigenvalue weighted by molar-refractivity contribution is 9.11. The maximum atomic E-state index is 15.3. The lowest BCUT2D eigenvalue weighted by atomic mass is 9.85. The Balaban J connectivity index is 2.13. The van der Waals surface area contributed by atoms with Crippen LogP contribution in [0.3, 0.4) is 0 Å². The zero-order chi connectivity index (χ0) is 19.1. The molecule has 2 N–H and O–H groups in total. The first-order valence-electron chi connectivity index (χ1n) is 7.26. The Morgan fingerprint density at radius 2 is 2.00 bits per heavy atom. The average molecular weight is 453 g/mol. The molecule has 0 spiro atoms. The van der Waals surface area contributed by atoms with E-state index in [1.54, 1.807) is 0 Å². The van der Waals surface area contributed by atoms with Crippen LogP contribution < -0.4 is 5.53 Å². The minimum Gasteiger partial charge on any atom is -0.377 e. The highest BCUT2D eigenvalue weighted by Gasteiger charge is 2.58. The molecule has 0 bridgehead atoms. The summed E-state index contributed by atoms with van der Waals surface area (Å²) in [6, 6.07) is 4.65. The first kappa shape index (κ1) is 19.1. The molecule has 1 unspecified atom stereocenters. The molecule has 0 saturated heterocycles. The number of hydrogen-bond donors (Lipinski definition) is 2. The fourth-order valence-electron chi connectivity index (χ4n) is 2.56. The summed E-state index contributed by atoms with van der Waals surface area (Å²) in [5.74, 6) is -6.08. The van der Waals surface area contributed by atoms with Crippen LogP contribution in [-0.2, 0) is 11.5 Å². The molecule has 26 heavy (non-hydrogen) atoms. The fourth-order valence-corrected chi connectivity index (χ4v) is 3.99. The van der Waals surface area contributed by atoms with E-state index in [-0.39, 0.29) is 0 Å². The van der Waals surface area contributed by atoms with E-state index in [4.69, 9.17) is 0 Å². The summed E-state index contributed by atoms with van der Waals surface area (Å²) in [6.07, 6.45) is 1.17. The largest absolute Gasteiger partial charge is 0.377 e. The molecule has 1 aromatic heterocycles. The third kappa shape index (κ3) is 3.20. The van der Waals surface area contributed by atoms with E-state index in [2.05, 4.69) is 26.6 Å². The molecule has 0 fully saturated rings. The predicted molar refractivity (Wildman–Crippen MR) is 92.3 cm³/mol. The molecule has 0 radical (unpaired) electrons. The number of rotatable bonds is 5. The second-order valence-electron chi connectivity index (χ2n) is 5.63. The molecule has 0 saturated carbocycles. The highest BCUT2D eigenvalue weighted by atomic mass is 79.9. The lowest BCUT2D eigenvalue weighted by Crippen LogP contribution is -2.54. The summed E-state index contributed by atoms with van der Waals surface area (Å²) >= 11 is 3.81. The first-order chi connectivity index (χ1) is 12.1. The maximum absolute atomic E-state index is 15.3. The van der Waals surface area contributed by atoms with Gasteiger partial charge in [0.05, 0.1) is 15.2 Å². The second kappa shape index (κ2) is 6.80. The number of hydrazone groups is 1. The molecule has 1 atom stereocenters. The van der Waals surface area contributed by atoms with Crippen molar-refractivity contribution in [3.8, 4) is 0 Å². The van der Waals surface area contributed by atoms with E-state index in [1.807, 2.05) is 0 Å². The molecule has 2 aromatic rings. The lowest BCUT2D eigenvalue weighted by molar-refractivity contribution is -0.210. The van der Waals surface area contributed by atoms with E-state index in [0.29, 0.717) is 21.2 Å². The Bertz CT molecular complexity index is 849. The molecular weight excluding hydrogens is 440 g/mol. The van der Waals surface area contributed by atoms with Gasteiger partial charge in [0.2, 0.25) is 0 Å². The van der Waals surface area contributed by atoms with Gasteiger partial charge >= 0.3 is 5.92 Å². The van der Waals surface area contributed by atoms with Crippen LogP contribution in [0.15, 0.2) is 39.2 Å². The molecular formula is C15H13BrF4N4OS. The summed E-state index contributed by atoms with van der Waals surface area (Å²) in [6.45, 7) is -0.731. The van der Waals surface area contributed by atoms with Crippen molar-refractivity contribution in [2.24, 2.45) is 5.10 Å². The van der Waals surface area contributed by atoms with Crippen molar-refractivity contribution in [3.63, 3.8) is 0 Å². The Labute approximate surface area is 158 Å².